The lowest BCUT2D eigenvalue weighted by Crippen LogP contribution is -2.22. The summed E-state index contributed by atoms with van der Waals surface area (Å²) >= 11 is 0. The lowest BCUT2D eigenvalue weighted by molar-refractivity contribution is 0.385. The van der Waals surface area contributed by atoms with Gasteiger partial charge in [0, 0.05) is 11.9 Å². The van der Waals surface area contributed by atoms with Gasteiger partial charge in [0.05, 0.1) is 13.2 Å². The quantitative estimate of drug-likeness (QED) is 0.909. The van der Waals surface area contributed by atoms with E-state index < -0.39 is 0 Å². The van der Waals surface area contributed by atoms with Crippen molar-refractivity contribution in [2.45, 2.75) is 19.9 Å². The first-order valence-corrected chi connectivity index (χ1v) is 6.65. The van der Waals surface area contributed by atoms with Crippen LogP contribution < -0.4 is 10.1 Å². The molecule has 0 spiro atoms. The summed E-state index contributed by atoms with van der Waals surface area (Å²) < 4.78 is 18.6. The highest BCUT2D eigenvalue weighted by atomic mass is 19.1. The number of nitrogens with one attached hydrogen (secondary N) is 1. The van der Waals surface area contributed by atoms with Gasteiger partial charge >= 0.3 is 0 Å². The van der Waals surface area contributed by atoms with Crippen molar-refractivity contribution in [2.75, 3.05) is 13.7 Å². The first-order chi connectivity index (χ1) is 9.65. The van der Waals surface area contributed by atoms with Crippen LogP contribution in [0.1, 0.15) is 29.8 Å². The summed E-state index contributed by atoms with van der Waals surface area (Å²) in [6.07, 6.45) is 1.85. The third kappa shape index (κ3) is 3.14. The van der Waals surface area contributed by atoms with Crippen LogP contribution in [0.4, 0.5) is 4.39 Å². The summed E-state index contributed by atoms with van der Waals surface area (Å²) in [5.41, 5.74) is 2.97. The van der Waals surface area contributed by atoms with Crippen LogP contribution in [-0.4, -0.2) is 18.6 Å². The number of aryl methyl sites for hydroxylation is 1. The van der Waals surface area contributed by atoms with Crippen molar-refractivity contribution in [3.63, 3.8) is 0 Å². The van der Waals surface area contributed by atoms with Crippen LogP contribution in [0.25, 0.3) is 0 Å². The highest BCUT2D eigenvalue weighted by Gasteiger charge is 2.15. The van der Waals surface area contributed by atoms with E-state index in [1.54, 1.807) is 12.1 Å². The Labute approximate surface area is 118 Å². The molecule has 2 aromatic rings. The minimum absolute atomic E-state index is 0.0254. The molecule has 0 bridgehead atoms. The van der Waals surface area contributed by atoms with Gasteiger partial charge < -0.3 is 10.1 Å². The molecule has 3 nitrogen and oxygen atoms in total. The van der Waals surface area contributed by atoms with E-state index in [1.165, 1.54) is 13.2 Å². The van der Waals surface area contributed by atoms with Gasteiger partial charge in [-0.05, 0) is 42.8 Å². The molecule has 0 aliphatic rings. The summed E-state index contributed by atoms with van der Waals surface area (Å²) in [5.74, 6) is -0.0981. The number of ether oxygens (including phenoxy) is 1. The number of benzene rings is 1. The molecular weight excluding hydrogens is 255 g/mol. The first kappa shape index (κ1) is 14.5. The number of hydrogen-bond donors (Lipinski definition) is 1. The second-order valence-electron chi connectivity index (χ2n) is 4.62. The molecule has 20 heavy (non-hydrogen) atoms. The molecule has 0 saturated heterocycles. The minimum Gasteiger partial charge on any atom is -0.494 e. The Morgan fingerprint density at radius 2 is 2.00 bits per heavy atom. The maximum atomic E-state index is 13.5. The van der Waals surface area contributed by atoms with E-state index in [4.69, 9.17) is 4.74 Å². The summed E-state index contributed by atoms with van der Waals surface area (Å²) in [5, 5.41) is 3.39. The van der Waals surface area contributed by atoms with Gasteiger partial charge in [-0.2, -0.15) is 0 Å². The van der Waals surface area contributed by atoms with Gasteiger partial charge in [0.25, 0.3) is 0 Å². The molecule has 0 aliphatic heterocycles. The van der Waals surface area contributed by atoms with Gasteiger partial charge in [0.1, 0.15) is 0 Å². The zero-order chi connectivity index (χ0) is 14.5. The van der Waals surface area contributed by atoms with E-state index in [-0.39, 0.29) is 17.6 Å². The molecule has 1 atom stereocenters. The third-order valence-corrected chi connectivity index (χ3v) is 3.18. The molecule has 4 heteroatoms. The van der Waals surface area contributed by atoms with E-state index in [0.29, 0.717) is 0 Å². The Morgan fingerprint density at radius 1 is 1.25 bits per heavy atom. The Bertz CT molecular complexity index is 569. The molecule has 1 aromatic heterocycles. The Kier molecular flexibility index (Phi) is 4.69. The van der Waals surface area contributed by atoms with E-state index in [2.05, 4.69) is 10.3 Å². The molecule has 106 valence electrons. The van der Waals surface area contributed by atoms with Crippen molar-refractivity contribution >= 4 is 0 Å². The number of nitrogens with zero attached hydrogens (tertiary/aromatic N) is 1. The molecule has 0 fully saturated rings. The normalized spacial score (nSPS) is 12.2. The summed E-state index contributed by atoms with van der Waals surface area (Å²) in [7, 11) is 1.47. The third-order valence-electron chi connectivity index (χ3n) is 3.18. The number of aromatic nitrogens is 1. The fourth-order valence-electron chi connectivity index (χ4n) is 2.14. The fraction of sp³-hybridized carbons (Fsp3) is 0.312. The maximum Gasteiger partial charge on any atom is 0.165 e. The SMILES string of the molecule is CCNC(c1ccc(C)nc1)c1ccc(F)c(OC)c1. The monoisotopic (exact) mass is 274 g/mol. The van der Waals surface area contributed by atoms with Crippen LogP contribution in [0, 0.1) is 12.7 Å². The fourth-order valence-corrected chi connectivity index (χ4v) is 2.14. The minimum atomic E-state index is -0.353. The Hall–Kier alpha value is -1.94. The topological polar surface area (TPSA) is 34.2 Å². The van der Waals surface area contributed by atoms with Crippen LogP contribution in [0.3, 0.4) is 0 Å². The van der Waals surface area contributed by atoms with Crippen LogP contribution in [-0.2, 0) is 0 Å². The van der Waals surface area contributed by atoms with Gasteiger partial charge in [0.15, 0.2) is 11.6 Å². The van der Waals surface area contributed by atoms with Crippen LogP contribution in [0.2, 0.25) is 0 Å². The summed E-state index contributed by atoms with van der Waals surface area (Å²) in [4.78, 5) is 4.32. The molecule has 2 rings (SSSR count). The van der Waals surface area contributed by atoms with E-state index in [0.717, 1.165) is 23.4 Å². The number of methoxy groups -OCH3 is 1. The van der Waals surface area contributed by atoms with Crippen LogP contribution in [0.5, 0.6) is 5.75 Å². The van der Waals surface area contributed by atoms with Crippen molar-refractivity contribution in [1.29, 1.82) is 0 Å². The molecule has 0 radical (unpaired) electrons. The van der Waals surface area contributed by atoms with Gasteiger partial charge in [-0.25, -0.2) is 4.39 Å². The van der Waals surface area contributed by atoms with E-state index in [9.17, 15) is 4.39 Å². The van der Waals surface area contributed by atoms with Gasteiger partial charge in [-0.15, -0.1) is 0 Å². The van der Waals surface area contributed by atoms with Crippen molar-refractivity contribution in [3.05, 3.63) is 59.2 Å². The average Bonchev–Trinajstić information content (AvgIpc) is 2.47. The maximum absolute atomic E-state index is 13.5. The number of rotatable bonds is 5. The summed E-state index contributed by atoms with van der Waals surface area (Å²) in [6.45, 7) is 4.79. The smallest absolute Gasteiger partial charge is 0.165 e. The Balaban J connectivity index is 2.39. The van der Waals surface area contributed by atoms with Gasteiger partial charge in [-0.3, -0.25) is 4.98 Å². The van der Waals surface area contributed by atoms with Gasteiger partial charge in [-0.1, -0.05) is 19.1 Å². The largest absolute Gasteiger partial charge is 0.494 e. The average molecular weight is 274 g/mol. The number of hydrogen-bond acceptors (Lipinski definition) is 3. The zero-order valence-electron chi connectivity index (χ0n) is 12.0. The number of pyridine rings is 1. The van der Waals surface area contributed by atoms with E-state index >= 15 is 0 Å². The molecule has 1 heterocycles. The number of halogens is 1. The molecule has 1 N–H and O–H groups in total. The molecular formula is C16H19FN2O. The van der Waals surface area contributed by atoms with Crippen molar-refractivity contribution in [2.24, 2.45) is 0 Å². The molecule has 1 aromatic carbocycles. The molecule has 0 aliphatic carbocycles. The predicted octanol–water partition coefficient (Wildman–Crippen LogP) is 3.24. The lowest BCUT2D eigenvalue weighted by Gasteiger charge is -2.19. The standard InChI is InChI=1S/C16H19FN2O/c1-4-18-16(13-6-5-11(2)19-10-13)12-7-8-14(17)15(9-12)20-3/h5-10,16,18H,4H2,1-3H3. The van der Waals surface area contributed by atoms with Crippen LogP contribution in [0.15, 0.2) is 36.5 Å². The highest BCUT2D eigenvalue weighted by molar-refractivity contribution is 5.37. The van der Waals surface area contributed by atoms with Crippen molar-refractivity contribution < 1.29 is 9.13 Å². The molecule has 0 amide bonds. The lowest BCUT2D eigenvalue weighted by atomic mass is 9.99. The highest BCUT2D eigenvalue weighted by Crippen LogP contribution is 2.26. The molecule has 1 unspecified atom stereocenters. The summed E-state index contributed by atoms with van der Waals surface area (Å²) in [6, 6.07) is 8.90. The second kappa shape index (κ2) is 6.48. The van der Waals surface area contributed by atoms with Gasteiger partial charge in [0.2, 0.25) is 0 Å². The Morgan fingerprint density at radius 3 is 2.60 bits per heavy atom. The van der Waals surface area contributed by atoms with Crippen molar-refractivity contribution in [3.8, 4) is 5.75 Å². The second-order valence-corrected chi connectivity index (χ2v) is 4.62. The zero-order valence-corrected chi connectivity index (χ0v) is 12.0. The van der Waals surface area contributed by atoms with Crippen LogP contribution >= 0.6 is 0 Å². The first-order valence-electron chi connectivity index (χ1n) is 6.65. The van der Waals surface area contributed by atoms with E-state index in [1.807, 2.05) is 32.2 Å². The molecule has 0 saturated carbocycles. The van der Waals surface area contributed by atoms with Crippen molar-refractivity contribution in [1.82, 2.24) is 10.3 Å². The predicted molar refractivity (Wildman–Crippen MR) is 77.4 cm³/mol.